The molecule has 1 heterocycles. The lowest BCUT2D eigenvalue weighted by atomic mass is 10.3. The van der Waals surface area contributed by atoms with Gasteiger partial charge in [0.2, 0.25) is 5.91 Å². The van der Waals surface area contributed by atoms with Crippen molar-refractivity contribution in [3.05, 3.63) is 22.8 Å². The first-order chi connectivity index (χ1) is 6.69. The van der Waals surface area contributed by atoms with Crippen molar-refractivity contribution in [3.8, 4) is 0 Å². The molecule has 14 heavy (non-hydrogen) atoms. The zero-order chi connectivity index (χ0) is 10.6. The molecule has 1 amide bonds. The summed E-state index contributed by atoms with van der Waals surface area (Å²) in [5.74, 6) is 0.810. The highest BCUT2D eigenvalue weighted by molar-refractivity contribution is 9.10. The van der Waals surface area contributed by atoms with Crippen LogP contribution in [0.15, 0.2) is 22.8 Å². The Morgan fingerprint density at radius 1 is 1.50 bits per heavy atom. The van der Waals surface area contributed by atoms with E-state index >= 15 is 0 Å². The van der Waals surface area contributed by atoms with Gasteiger partial charge in [-0.2, -0.15) is 0 Å². The van der Waals surface area contributed by atoms with E-state index in [4.69, 9.17) is 0 Å². The van der Waals surface area contributed by atoms with Crippen LogP contribution in [0.3, 0.4) is 0 Å². The SMILES string of the molecule is CCC(=O)N(CC)c1ccc(Br)cn1. The van der Waals surface area contributed by atoms with Crippen LogP contribution in [0.5, 0.6) is 0 Å². The third kappa shape index (κ3) is 2.54. The normalized spacial score (nSPS) is 9.93. The lowest BCUT2D eigenvalue weighted by molar-refractivity contribution is -0.118. The van der Waals surface area contributed by atoms with Crippen LogP contribution < -0.4 is 4.90 Å². The third-order valence-electron chi connectivity index (χ3n) is 1.91. The van der Waals surface area contributed by atoms with Gasteiger partial charge in [-0.15, -0.1) is 0 Å². The molecule has 4 heteroatoms. The predicted octanol–water partition coefficient (Wildman–Crippen LogP) is 2.61. The minimum atomic E-state index is 0.0994. The summed E-state index contributed by atoms with van der Waals surface area (Å²) >= 11 is 3.30. The Hall–Kier alpha value is -0.900. The van der Waals surface area contributed by atoms with Gasteiger partial charge in [0.15, 0.2) is 0 Å². The van der Waals surface area contributed by atoms with E-state index in [-0.39, 0.29) is 5.91 Å². The summed E-state index contributed by atoms with van der Waals surface area (Å²) in [6, 6.07) is 3.72. The van der Waals surface area contributed by atoms with Gasteiger partial charge in [0.05, 0.1) is 0 Å². The largest absolute Gasteiger partial charge is 0.297 e. The van der Waals surface area contributed by atoms with Crippen molar-refractivity contribution in [1.82, 2.24) is 4.98 Å². The lowest BCUT2D eigenvalue weighted by Crippen LogP contribution is -2.30. The van der Waals surface area contributed by atoms with Gasteiger partial charge in [0.25, 0.3) is 0 Å². The van der Waals surface area contributed by atoms with E-state index in [0.717, 1.165) is 4.47 Å². The Bertz CT molecular complexity index is 310. The van der Waals surface area contributed by atoms with Gasteiger partial charge < -0.3 is 0 Å². The number of rotatable bonds is 3. The molecule has 3 nitrogen and oxygen atoms in total. The minimum absolute atomic E-state index is 0.0994. The zero-order valence-corrected chi connectivity index (χ0v) is 9.91. The number of anilines is 1. The molecular formula is C10H13BrN2O. The highest BCUT2D eigenvalue weighted by Crippen LogP contribution is 2.15. The first-order valence-electron chi connectivity index (χ1n) is 4.61. The van der Waals surface area contributed by atoms with Crippen molar-refractivity contribution in [2.45, 2.75) is 20.3 Å². The molecule has 0 saturated heterocycles. The van der Waals surface area contributed by atoms with Crippen molar-refractivity contribution in [2.24, 2.45) is 0 Å². The first-order valence-corrected chi connectivity index (χ1v) is 5.40. The quantitative estimate of drug-likeness (QED) is 0.833. The van der Waals surface area contributed by atoms with Crippen LogP contribution in [0.25, 0.3) is 0 Å². The second-order valence-corrected chi connectivity index (χ2v) is 3.74. The van der Waals surface area contributed by atoms with Crippen LogP contribution >= 0.6 is 15.9 Å². The maximum atomic E-state index is 11.5. The molecule has 0 aliphatic rings. The molecule has 0 aliphatic heterocycles. The van der Waals surface area contributed by atoms with Gasteiger partial charge >= 0.3 is 0 Å². The lowest BCUT2D eigenvalue weighted by Gasteiger charge is -2.18. The summed E-state index contributed by atoms with van der Waals surface area (Å²) in [6.07, 6.45) is 2.20. The van der Waals surface area contributed by atoms with Crippen LogP contribution in [0.1, 0.15) is 20.3 Å². The molecular weight excluding hydrogens is 244 g/mol. The monoisotopic (exact) mass is 256 g/mol. The molecule has 76 valence electrons. The Balaban J connectivity index is 2.89. The standard InChI is InChI=1S/C10H13BrN2O/c1-3-10(14)13(4-2)9-6-5-8(11)7-12-9/h5-7H,3-4H2,1-2H3. The fourth-order valence-corrected chi connectivity index (χ4v) is 1.42. The summed E-state index contributed by atoms with van der Waals surface area (Å²) in [5, 5.41) is 0. The third-order valence-corrected chi connectivity index (χ3v) is 2.38. The summed E-state index contributed by atoms with van der Waals surface area (Å²) in [4.78, 5) is 17.4. The predicted molar refractivity (Wildman–Crippen MR) is 60.3 cm³/mol. The number of carbonyl (C=O) groups is 1. The van der Waals surface area contributed by atoms with E-state index in [1.54, 1.807) is 11.1 Å². The zero-order valence-electron chi connectivity index (χ0n) is 8.33. The van der Waals surface area contributed by atoms with E-state index in [2.05, 4.69) is 20.9 Å². The van der Waals surface area contributed by atoms with Crippen LogP contribution in [0.4, 0.5) is 5.82 Å². The Morgan fingerprint density at radius 2 is 2.21 bits per heavy atom. The second-order valence-electron chi connectivity index (χ2n) is 2.83. The fraction of sp³-hybridized carbons (Fsp3) is 0.400. The molecule has 0 N–H and O–H groups in total. The number of halogens is 1. The van der Waals surface area contributed by atoms with Crippen molar-refractivity contribution >= 4 is 27.7 Å². The molecule has 0 atom stereocenters. The second kappa shape index (κ2) is 5.10. The van der Waals surface area contributed by atoms with Gasteiger partial charge in [0, 0.05) is 23.6 Å². The Kier molecular flexibility index (Phi) is 4.07. The highest BCUT2D eigenvalue weighted by Gasteiger charge is 2.11. The van der Waals surface area contributed by atoms with Crippen LogP contribution in [0, 0.1) is 0 Å². The topological polar surface area (TPSA) is 33.2 Å². The van der Waals surface area contributed by atoms with E-state index in [1.807, 2.05) is 26.0 Å². The highest BCUT2D eigenvalue weighted by atomic mass is 79.9. The minimum Gasteiger partial charge on any atom is -0.297 e. The summed E-state index contributed by atoms with van der Waals surface area (Å²) in [7, 11) is 0. The molecule has 1 aromatic heterocycles. The van der Waals surface area contributed by atoms with E-state index < -0.39 is 0 Å². The molecule has 0 spiro atoms. The van der Waals surface area contributed by atoms with Crippen molar-refractivity contribution in [1.29, 1.82) is 0 Å². The van der Waals surface area contributed by atoms with Gasteiger partial charge in [0.1, 0.15) is 5.82 Å². The summed E-state index contributed by atoms with van der Waals surface area (Å²) in [6.45, 7) is 4.45. The Labute approximate surface area is 92.3 Å². The van der Waals surface area contributed by atoms with Gasteiger partial charge in [-0.3, -0.25) is 9.69 Å². The average Bonchev–Trinajstić information content (AvgIpc) is 2.21. The molecule has 1 rings (SSSR count). The van der Waals surface area contributed by atoms with Crippen LogP contribution in [-0.4, -0.2) is 17.4 Å². The number of amides is 1. The number of carbonyl (C=O) groups excluding carboxylic acids is 1. The van der Waals surface area contributed by atoms with Crippen LogP contribution in [0.2, 0.25) is 0 Å². The van der Waals surface area contributed by atoms with Gasteiger partial charge in [-0.1, -0.05) is 6.92 Å². The number of hydrogen-bond donors (Lipinski definition) is 0. The van der Waals surface area contributed by atoms with Crippen molar-refractivity contribution in [3.63, 3.8) is 0 Å². The van der Waals surface area contributed by atoms with E-state index in [9.17, 15) is 4.79 Å². The van der Waals surface area contributed by atoms with E-state index in [0.29, 0.717) is 18.8 Å². The van der Waals surface area contributed by atoms with Gasteiger partial charge in [-0.05, 0) is 35.0 Å². The van der Waals surface area contributed by atoms with Crippen molar-refractivity contribution < 1.29 is 4.79 Å². The van der Waals surface area contributed by atoms with E-state index in [1.165, 1.54) is 0 Å². The molecule has 0 radical (unpaired) electrons. The maximum absolute atomic E-state index is 11.5. The molecule has 0 fully saturated rings. The number of pyridine rings is 1. The molecule has 0 aliphatic carbocycles. The first kappa shape index (κ1) is 11.2. The molecule has 0 unspecified atom stereocenters. The van der Waals surface area contributed by atoms with Crippen molar-refractivity contribution in [2.75, 3.05) is 11.4 Å². The maximum Gasteiger partial charge on any atom is 0.227 e. The summed E-state index contributed by atoms with van der Waals surface area (Å²) < 4.78 is 0.918. The Morgan fingerprint density at radius 3 is 2.64 bits per heavy atom. The molecule has 1 aromatic rings. The van der Waals surface area contributed by atoms with Gasteiger partial charge in [-0.25, -0.2) is 4.98 Å². The smallest absolute Gasteiger partial charge is 0.227 e. The number of hydrogen-bond acceptors (Lipinski definition) is 2. The summed E-state index contributed by atoms with van der Waals surface area (Å²) in [5.41, 5.74) is 0. The number of aromatic nitrogens is 1. The average molecular weight is 257 g/mol. The van der Waals surface area contributed by atoms with Crippen LogP contribution in [-0.2, 0) is 4.79 Å². The molecule has 0 bridgehead atoms. The number of nitrogens with zero attached hydrogens (tertiary/aromatic N) is 2. The molecule has 0 aromatic carbocycles. The fourth-order valence-electron chi connectivity index (χ4n) is 1.18. The molecule has 0 saturated carbocycles.